The Kier molecular flexibility index (Phi) is 9.63. The minimum atomic E-state index is -0.428. The zero-order valence-electron chi connectivity index (χ0n) is 24.2. The molecule has 1 N–H and O–H groups in total. The second-order valence-corrected chi connectivity index (χ2v) is 10.9. The normalized spacial score (nSPS) is 14.7. The Morgan fingerprint density at radius 1 is 1.05 bits per heavy atom. The van der Waals surface area contributed by atoms with Gasteiger partial charge in [-0.1, -0.05) is 30.3 Å². The topological polar surface area (TPSA) is 94.9 Å². The summed E-state index contributed by atoms with van der Waals surface area (Å²) >= 11 is 1.42. The second-order valence-electron chi connectivity index (χ2n) is 9.82. The third kappa shape index (κ3) is 6.52. The summed E-state index contributed by atoms with van der Waals surface area (Å²) in [6.45, 7) is 0.695. The molecule has 3 aromatic carbocycles. The molecule has 0 saturated heterocycles. The van der Waals surface area contributed by atoms with E-state index in [2.05, 4.69) is 5.32 Å². The van der Waals surface area contributed by atoms with Gasteiger partial charge in [0.15, 0.2) is 0 Å². The van der Waals surface area contributed by atoms with Gasteiger partial charge in [-0.2, -0.15) is 5.10 Å². The molecule has 0 fully saturated rings. The number of benzene rings is 3. The molecular formula is C32H33FN4O5S. The molecule has 2 amide bonds. The lowest BCUT2D eigenvalue weighted by molar-refractivity contribution is -0.122. The first-order valence-corrected chi connectivity index (χ1v) is 14.8. The van der Waals surface area contributed by atoms with Crippen LogP contribution in [0.15, 0.2) is 72.8 Å². The fourth-order valence-electron chi connectivity index (χ4n) is 5.02. The van der Waals surface area contributed by atoms with Gasteiger partial charge in [0, 0.05) is 37.0 Å². The number of hydrogen-bond donors (Lipinski definition) is 1. The molecule has 0 aliphatic carbocycles. The van der Waals surface area contributed by atoms with E-state index in [1.54, 1.807) is 38.1 Å². The molecule has 1 aromatic heterocycles. The van der Waals surface area contributed by atoms with Crippen LogP contribution < -0.4 is 19.7 Å². The molecule has 0 bridgehead atoms. The van der Waals surface area contributed by atoms with Crippen LogP contribution in [0.2, 0.25) is 0 Å². The fraction of sp³-hybridized carbons (Fsp3) is 0.281. The molecule has 0 spiro atoms. The summed E-state index contributed by atoms with van der Waals surface area (Å²) in [4.78, 5) is 28.5. The Morgan fingerprint density at radius 3 is 2.51 bits per heavy atom. The van der Waals surface area contributed by atoms with E-state index in [-0.39, 0.29) is 24.1 Å². The monoisotopic (exact) mass is 604 g/mol. The number of fused-ring (bicyclic) bond motifs is 1. The van der Waals surface area contributed by atoms with Crippen molar-refractivity contribution in [1.82, 2.24) is 15.1 Å². The van der Waals surface area contributed by atoms with Crippen LogP contribution in [0.25, 0.3) is 16.9 Å². The molecule has 43 heavy (non-hydrogen) atoms. The lowest BCUT2D eigenvalue weighted by atomic mass is 9.98. The summed E-state index contributed by atoms with van der Waals surface area (Å²) < 4.78 is 32.1. The molecule has 2 heterocycles. The van der Waals surface area contributed by atoms with Crippen LogP contribution in [0, 0.1) is 5.82 Å². The number of ether oxygens (including phenoxy) is 3. The molecule has 224 valence electrons. The molecule has 11 heteroatoms. The Hall–Kier alpha value is -4.35. The molecule has 0 radical (unpaired) electrons. The molecule has 5 rings (SSSR count). The molecule has 9 nitrogen and oxygen atoms in total. The van der Waals surface area contributed by atoms with Gasteiger partial charge in [0.2, 0.25) is 11.8 Å². The highest BCUT2D eigenvalue weighted by molar-refractivity contribution is 8.00. The largest absolute Gasteiger partial charge is 0.497 e. The summed E-state index contributed by atoms with van der Waals surface area (Å²) in [6, 6.07) is 21.1. The average molecular weight is 605 g/mol. The van der Waals surface area contributed by atoms with E-state index in [1.165, 1.54) is 28.8 Å². The highest BCUT2D eigenvalue weighted by Crippen LogP contribution is 2.51. The van der Waals surface area contributed by atoms with Crippen LogP contribution in [0.4, 0.5) is 10.2 Å². The Bertz CT molecular complexity index is 1580. The lowest BCUT2D eigenvalue weighted by Crippen LogP contribution is -2.42. The SMILES string of the molecule is COCCCNC(=O)CN1C(=O)CSC(c2cc(OC)ccc2OC)c2c(-c3ccccc3)nn(-c3ccc(F)cc3)c21. The van der Waals surface area contributed by atoms with Gasteiger partial charge in [0.1, 0.15) is 29.7 Å². The third-order valence-corrected chi connectivity index (χ3v) is 8.31. The summed E-state index contributed by atoms with van der Waals surface area (Å²) in [5.74, 6) is 0.804. The van der Waals surface area contributed by atoms with Crippen molar-refractivity contribution < 1.29 is 28.2 Å². The number of halogens is 1. The predicted molar refractivity (Wildman–Crippen MR) is 165 cm³/mol. The first kappa shape index (κ1) is 30.1. The van der Waals surface area contributed by atoms with Crippen LogP contribution in [0.3, 0.4) is 0 Å². The highest BCUT2D eigenvalue weighted by Gasteiger charge is 2.38. The summed E-state index contributed by atoms with van der Waals surface area (Å²) in [6.07, 6.45) is 0.640. The molecule has 4 aromatic rings. The van der Waals surface area contributed by atoms with Crippen LogP contribution in [0.5, 0.6) is 11.5 Å². The highest BCUT2D eigenvalue weighted by atomic mass is 32.2. The van der Waals surface area contributed by atoms with E-state index in [9.17, 15) is 14.0 Å². The van der Waals surface area contributed by atoms with E-state index >= 15 is 0 Å². The van der Waals surface area contributed by atoms with Crippen molar-refractivity contribution in [3.8, 4) is 28.4 Å². The third-order valence-electron chi connectivity index (χ3n) is 7.08. The molecular weight excluding hydrogens is 571 g/mol. The lowest BCUT2D eigenvalue weighted by Gasteiger charge is -2.23. The molecule has 1 aliphatic rings. The number of thioether (sulfide) groups is 1. The van der Waals surface area contributed by atoms with Gasteiger partial charge >= 0.3 is 0 Å². The summed E-state index contributed by atoms with van der Waals surface area (Å²) in [7, 11) is 4.79. The van der Waals surface area contributed by atoms with Crippen molar-refractivity contribution in [2.45, 2.75) is 11.7 Å². The number of carbonyl (C=O) groups is 2. The van der Waals surface area contributed by atoms with Gasteiger partial charge in [0.25, 0.3) is 0 Å². The van der Waals surface area contributed by atoms with Gasteiger partial charge in [-0.25, -0.2) is 9.07 Å². The Morgan fingerprint density at radius 2 is 1.81 bits per heavy atom. The van der Waals surface area contributed by atoms with Crippen molar-refractivity contribution in [3.05, 3.63) is 89.7 Å². The number of nitrogens with zero attached hydrogens (tertiary/aromatic N) is 3. The Balaban J connectivity index is 1.75. The van der Waals surface area contributed by atoms with Crippen LogP contribution in [-0.4, -0.2) is 68.4 Å². The second kappa shape index (κ2) is 13.7. The van der Waals surface area contributed by atoms with Crippen molar-refractivity contribution in [3.63, 3.8) is 0 Å². The number of hydrogen-bond acceptors (Lipinski definition) is 7. The van der Waals surface area contributed by atoms with E-state index in [4.69, 9.17) is 19.3 Å². The Labute approximate surface area is 253 Å². The maximum Gasteiger partial charge on any atom is 0.240 e. The van der Waals surface area contributed by atoms with E-state index in [1.807, 2.05) is 48.5 Å². The van der Waals surface area contributed by atoms with Gasteiger partial charge in [0.05, 0.1) is 36.6 Å². The fourth-order valence-corrected chi connectivity index (χ4v) is 6.24. The number of aromatic nitrogens is 2. The molecule has 1 aliphatic heterocycles. The van der Waals surface area contributed by atoms with E-state index in [0.717, 1.165) is 16.7 Å². The van der Waals surface area contributed by atoms with Crippen molar-refractivity contribution in [2.24, 2.45) is 0 Å². The van der Waals surface area contributed by atoms with Crippen LogP contribution >= 0.6 is 11.8 Å². The number of rotatable bonds is 11. The van der Waals surface area contributed by atoms with Gasteiger partial charge in [-0.05, 0) is 48.9 Å². The first-order chi connectivity index (χ1) is 20.9. The first-order valence-electron chi connectivity index (χ1n) is 13.8. The van der Waals surface area contributed by atoms with Crippen LogP contribution in [0.1, 0.15) is 22.8 Å². The minimum absolute atomic E-state index is 0.0916. The van der Waals surface area contributed by atoms with E-state index in [0.29, 0.717) is 48.3 Å². The zero-order valence-corrected chi connectivity index (χ0v) is 25.0. The smallest absolute Gasteiger partial charge is 0.240 e. The van der Waals surface area contributed by atoms with Crippen molar-refractivity contribution in [2.75, 3.05) is 51.7 Å². The predicted octanol–water partition coefficient (Wildman–Crippen LogP) is 5.02. The summed E-state index contributed by atoms with van der Waals surface area (Å²) in [5, 5.41) is 7.48. The standard InChI is InChI=1S/C32H33FN4O5S/c1-40-17-7-16-34-27(38)19-36-28(39)20-43-31(25-18-24(41-2)14-15-26(25)42-3)29-30(21-8-5-4-6-9-21)35-37(32(29)36)23-12-10-22(33)11-13-23/h4-6,8-15,18,31H,7,16-17,19-20H2,1-3H3,(H,34,38). The number of anilines is 1. The van der Waals surface area contributed by atoms with Gasteiger partial charge in [-0.3, -0.25) is 14.5 Å². The molecule has 1 unspecified atom stereocenters. The number of nitrogens with one attached hydrogen (secondary N) is 1. The van der Waals surface area contributed by atoms with Crippen molar-refractivity contribution >= 4 is 29.4 Å². The number of methoxy groups -OCH3 is 3. The minimum Gasteiger partial charge on any atom is -0.497 e. The quantitative estimate of drug-likeness (QED) is 0.240. The zero-order chi connectivity index (χ0) is 30.3. The maximum absolute atomic E-state index is 14.0. The van der Waals surface area contributed by atoms with Crippen molar-refractivity contribution in [1.29, 1.82) is 0 Å². The van der Waals surface area contributed by atoms with Gasteiger partial charge < -0.3 is 19.5 Å². The average Bonchev–Trinajstić information content (AvgIpc) is 3.36. The number of carbonyl (C=O) groups excluding carboxylic acids is 2. The van der Waals surface area contributed by atoms with Crippen LogP contribution in [-0.2, 0) is 14.3 Å². The summed E-state index contributed by atoms with van der Waals surface area (Å²) in [5.41, 5.74) is 3.52. The number of amides is 2. The van der Waals surface area contributed by atoms with E-state index < -0.39 is 11.1 Å². The maximum atomic E-state index is 14.0. The molecule has 0 saturated carbocycles. The molecule has 1 atom stereocenters. The van der Waals surface area contributed by atoms with Gasteiger partial charge in [-0.15, -0.1) is 11.8 Å².